The maximum absolute atomic E-state index is 12.4. The monoisotopic (exact) mass is 294 g/mol. The number of carbonyl (C=O) groups excluding carboxylic acids is 2. The number of carbonyl (C=O) groups is 2. The molecule has 0 saturated carbocycles. The molecule has 1 rings (SSSR count). The molecule has 0 N–H and O–H groups in total. The van der Waals surface area contributed by atoms with Gasteiger partial charge in [0.1, 0.15) is 6.54 Å². The summed E-state index contributed by atoms with van der Waals surface area (Å²) in [6.45, 7) is 5.24. The minimum absolute atomic E-state index is 0.166. The summed E-state index contributed by atoms with van der Waals surface area (Å²) in [6.07, 6.45) is 0. The van der Waals surface area contributed by atoms with Crippen LogP contribution in [0.4, 0.5) is 5.69 Å². The molecule has 1 aromatic rings. The molecule has 0 fully saturated rings. The van der Waals surface area contributed by atoms with E-state index in [4.69, 9.17) is 4.74 Å². The van der Waals surface area contributed by atoms with Crippen LogP contribution in [0.2, 0.25) is 0 Å². The third-order valence-corrected chi connectivity index (χ3v) is 2.79. The van der Waals surface area contributed by atoms with E-state index in [1.54, 1.807) is 20.8 Å². The Morgan fingerprint density at radius 2 is 2.05 bits per heavy atom. The topological polar surface area (TPSA) is 89.8 Å². The van der Waals surface area contributed by atoms with Gasteiger partial charge in [-0.15, -0.1) is 0 Å². The van der Waals surface area contributed by atoms with Gasteiger partial charge in [-0.25, -0.2) is 0 Å². The number of non-ortho nitro benzene ring substituents is 1. The Hall–Kier alpha value is -2.44. The van der Waals surface area contributed by atoms with Crippen molar-refractivity contribution in [2.75, 3.05) is 13.2 Å². The number of amides is 1. The quantitative estimate of drug-likeness (QED) is 0.455. The van der Waals surface area contributed by atoms with Crippen LogP contribution in [0.5, 0.6) is 0 Å². The highest BCUT2D eigenvalue weighted by Gasteiger charge is 2.23. The zero-order valence-electron chi connectivity index (χ0n) is 12.2. The van der Waals surface area contributed by atoms with Crippen LogP contribution in [0, 0.1) is 10.1 Å². The van der Waals surface area contributed by atoms with Gasteiger partial charge in [0.05, 0.1) is 11.5 Å². The Morgan fingerprint density at radius 3 is 2.57 bits per heavy atom. The van der Waals surface area contributed by atoms with Crippen LogP contribution in [0.25, 0.3) is 0 Å². The average molecular weight is 294 g/mol. The van der Waals surface area contributed by atoms with Crippen molar-refractivity contribution in [3.05, 3.63) is 39.9 Å². The molecule has 0 saturated heterocycles. The molecular weight excluding hydrogens is 276 g/mol. The molecule has 0 spiro atoms. The number of ether oxygens (including phenoxy) is 1. The van der Waals surface area contributed by atoms with Crippen LogP contribution in [-0.2, 0) is 9.53 Å². The fourth-order valence-corrected chi connectivity index (χ4v) is 1.75. The second-order valence-electron chi connectivity index (χ2n) is 4.64. The van der Waals surface area contributed by atoms with Gasteiger partial charge in [-0.1, -0.05) is 6.07 Å². The van der Waals surface area contributed by atoms with Gasteiger partial charge in [-0.05, 0) is 26.8 Å². The maximum atomic E-state index is 12.4. The molecule has 1 aromatic carbocycles. The molecule has 0 atom stereocenters. The van der Waals surface area contributed by atoms with Crippen molar-refractivity contribution in [2.45, 2.75) is 26.8 Å². The lowest BCUT2D eigenvalue weighted by molar-refractivity contribution is -0.384. The second kappa shape index (κ2) is 7.37. The zero-order chi connectivity index (χ0) is 16.0. The lowest BCUT2D eigenvalue weighted by atomic mass is 10.1. The first-order valence-corrected chi connectivity index (χ1v) is 6.57. The van der Waals surface area contributed by atoms with E-state index in [-0.39, 0.29) is 30.4 Å². The van der Waals surface area contributed by atoms with Crippen LogP contribution in [0.3, 0.4) is 0 Å². The molecule has 1 amide bonds. The van der Waals surface area contributed by atoms with Crippen molar-refractivity contribution in [1.29, 1.82) is 0 Å². The lowest BCUT2D eigenvalue weighted by Crippen LogP contribution is -2.41. The van der Waals surface area contributed by atoms with Crippen molar-refractivity contribution in [1.82, 2.24) is 4.90 Å². The van der Waals surface area contributed by atoms with E-state index >= 15 is 0 Å². The van der Waals surface area contributed by atoms with Gasteiger partial charge in [0.2, 0.25) is 0 Å². The predicted octanol–water partition coefficient (Wildman–Crippen LogP) is 2.01. The van der Waals surface area contributed by atoms with Crippen molar-refractivity contribution >= 4 is 17.6 Å². The van der Waals surface area contributed by atoms with Crippen LogP contribution < -0.4 is 0 Å². The van der Waals surface area contributed by atoms with E-state index in [0.29, 0.717) is 0 Å². The molecule has 21 heavy (non-hydrogen) atoms. The van der Waals surface area contributed by atoms with Gasteiger partial charge in [0.15, 0.2) is 0 Å². The lowest BCUT2D eigenvalue weighted by Gasteiger charge is -2.25. The average Bonchev–Trinajstić information content (AvgIpc) is 2.44. The zero-order valence-corrected chi connectivity index (χ0v) is 12.2. The number of rotatable bonds is 6. The largest absolute Gasteiger partial charge is 0.465 e. The summed E-state index contributed by atoms with van der Waals surface area (Å²) in [5.41, 5.74) is 0.00268. The summed E-state index contributed by atoms with van der Waals surface area (Å²) in [7, 11) is 0. The summed E-state index contributed by atoms with van der Waals surface area (Å²) in [4.78, 5) is 35.4. The number of nitrogens with zero attached hydrogens (tertiary/aromatic N) is 2. The number of nitro groups is 1. The van der Waals surface area contributed by atoms with E-state index < -0.39 is 16.8 Å². The molecule has 0 radical (unpaired) electrons. The van der Waals surface area contributed by atoms with E-state index in [9.17, 15) is 19.7 Å². The maximum Gasteiger partial charge on any atom is 0.325 e. The molecule has 0 bridgehead atoms. The van der Waals surface area contributed by atoms with Crippen molar-refractivity contribution in [3.8, 4) is 0 Å². The highest BCUT2D eigenvalue weighted by molar-refractivity contribution is 5.96. The summed E-state index contributed by atoms with van der Waals surface area (Å²) >= 11 is 0. The number of hydrogen-bond acceptors (Lipinski definition) is 5. The molecule has 7 nitrogen and oxygen atoms in total. The Balaban J connectivity index is 2.98. The minimum atomic E-state index is -0.568. The summed E-state index contributed by atoms with van der Waals surface area (Å²) in [6, 6.07) is 5.19. The molecule has 0 heterocycles. The highest BCUT2D eigenvalue weighted by atomic mass is 16.6. The van der Waals surface area contributed by atoms with Gasteiger partial charge in [0, 0.05) is 23.7 Å². The molecule has 0 aromatic heterocycles. The summed E-state index contributed by atoms with van der Waals surface area (Å²) in [5.74, 6) is -0.952. The van der Waals surface area contributed by atoms with Crippen LogP contribution in [0.15, 0.2) is 24.3 Å². The number of esters is 1. The summed E-state index contributed by atoms with van der Waals surface area (Å²) in [5, 5.41) is 10.7. The van der Waals surface area contributed by atoms with E-state index in [0.717, 1.165) is 0 Å². The first kappa shape index (κ1) is 16.6. The van der Waals surface area contributed by atoms with E-state index in [1.165, 1.54) is 29.2 Å². The summed E-state index contributed by atoms with van der Waals surface area (Å²) < 4.78 is 4.83. The van der Waals surface area contributed by atoms with Crippen LogP contribution in [0.1, 0.15) is 31.1 Å². The molecule has 0 aliphatic rings. The van der Waals surface area contributed by atoms with Gasteiger partial charge in [0.25, 0.3) is 11.6 Å². The number of nitro benzene ring substituents is 1. The molecule has 7 heteroatoms. The normalized spacial score (nSPS) is 10.3. The predicted molar refractivity (Wildman–Crippen MR) is 75.9 cm³/mol. The van der Waals surface area contributed by atoms with Gasteiger partial charge in [-0.3, -0.25) is 19.7 Å². The number of benzene rings is 1. The van der Waals surface area contributed by atoms with Gasteiger partial charge in [-0.2, -0.15) is 0 Å². The molecule has 0 aliphatic heterocycles. The van der Waals surface area contributed by atoms with Gasteiger partial charge < -0.3 is 9.64 Å². The SMILES string of the molecule is CCOC(=O)CN(C(=O)c1cccc([N+](=O)[O-])c1)C(C)C. The molecule has 0 aliphatic carbocycles. The van der Waals surface area contributed by atoms with Crippen molar-refractivity contribution in [2.24, 2.45) is 0 Å². The van der Waals surface area contributed by atoms with Crippen molar-refractivity contribution in [3.63, 3.8) is 0 Å². The first-order chi connectivity index (χ1) is 9.86. The van der Waals surface area contributed by atoms with E-state index in [1.807, 2.05) is 0 Å². The molecular formula is C14H18N2O5. The van der Waals surface area contributed by atoms with Crippen LogP contribution in [-0.4, -0.2) is 40.9 Å². The highest BCUT2D eigenvalue weighted by Crippen LogP contribution is 2.16. The second-order valence-corrected chi connectivity index (χ2v) is 4.64. The fourth-order valence-electron chi connectivity index (χ4n) is 1.75. The Kier molecular flexibility index (Phi) is 5.83. The van der Waals surface area contributed by atoms with Crippen molar-refractivity contribution < 1.29 is 19.2 Å². The number of hydrogen-bond donors (Lipinski definition) is 0. The van der Waals surface area contributed by atoms with Crippen LogP contribution >= 0.6 is 0 Å². The standard InChI is InChI=1S/C14H18N2O5/c1-4-21-13(17)9-15(10(2)3)14(18)11-6-5-7-12(8-11)16(19)20/h5-8,10H,4,9H2,1-3H3. The van der Waals surface area contributed by atoms with E-state index in [2.05, 4.69) is 0 Å². The smallest absolute Gasteiger partial charge is 0.325 e. The Bertz CT molecular complexity index is 542. The minimum Gasteiger partial charge on any atom is -0.465 e. The third-order valence-electron chi connectivity index (χ3n) is 2.79. The fraction of sp³-hybridized carbons (Fsp3) is 0.429. The molecule has 114 valence electrons. The first-order valence-electron chi connectivity index (χ1n) is 6.57. The Morgan fingerprint density at radius 1 is 1.38 bits per heavy atom. The third kappa shape index (κ3) is 4.55. The Labute approximate surface area is 122 Å². The van der Waals surface area contributed by atoms with Gasteiger partial charge >= 0.3 is 5.97 Å². The molecule has 0 unspecified atom stereocenters.